The van der Waals surface area contributed by atoms with Crippen molar-refractivity contribution >= 4 is 5.97 Å². The fourth-order valence-corrected chi connectivity index (χ4v) is 1.85. The Morgan fingerprint density at radius 3 is 2.78 bits per heavy atom. The van der Waals surface area contributed by atoms with Gasteiger partial charge in [0, 0.05) is 6.42 Å². The molecule has 5 nitrogen and oxygen atoms in total. The van der Waals surface area contributed by atoms with E-state index >= 15 is 0 Å². The van der Waals surface area contributed by atoms with Crippen LogP contribution >= 0.6 is 0 Å². The van der Waals surface area contributed by atoms with Gasteiger partial charge in [-0.05, 0) is 12.5 Å². The van der Waals surface area contributed by atoms with Crippen LogP contribution in [-0.4, -0.2) is 23.0 Å². The fraction of sp³-hybridized carbons (Fsp3) is 0.231. The van der Waals surface area contributed by atoms with Crippen molar-refractivity contribution in [3.05, 3.63) is 57.3 Å². The number of benzene rings is 1. The van der Waals surface area contributed by atoms with Crippen molar-refractivity contribution in [1.29, 1.82) is 0 Å². The molecule has 0 bridgehead atoms. The van der Waals surface area contributed by atoms with E-state index in [1.54, 1.807) is 0 Å². The standard InChI is InChI=1S/C13H14N2O3/c1-8-4-3-5-9(6-8)7-10-11(12(16)18-2)15-13(17)14-10/h3-6H,7H2,1-2H3,(H2,14,15,17). The molecule has 0 aliphatic heterocycles. The van der Waals surface area contributed by atoms with E-state index in [0.29, 0.717) is 12.1 Å². The monoisotopic (exact) mass is 246 g/mol. The van der Waals surface area contributed by atoms with Crippen LogP contribution in [0.1, 0.15) is 27.3 Å². The number of rotatable bonds is 3. The lowest BCUT2D eigenvalue weighted by atomic mass is 10.1. The summed E-state index contributed by atoms with van der Waals surface area (Å²) in [6.45, 7) is 1.99. The van der Waals surface area contributed by atoms with Crippen LogP contribution in [0.3, 0.4) is 0 Å². The van der Waals surface area contributed by atoms with Gasteiger partial charge in [-0.15, -0.1) is 0 Å². The number of carbonyl (C=O) groups is 1. The number of aromatic nitrogens is 2. The Kier molecular flexibility index (Phi) is 3.32. The van der Waals surface area contributed by atoms with Crippen LogP contribution in [0, 0.1) is 6.92 Å². The summed E-state index contributed by atoms with van der Waals surface area (Å²) in [5.74, 6) is -0.545. The van der Waals surface area contributed by atoms with E-state index in [1.165, 1.54) is 7.11 Å². The van der Waals surface area contributed by atoms with Crippen LogP contribution in [0.2, 0.25) is 0 Å². The van der Waals surface area contributed by atoms with Crippen molar-refractivity contribution in [2.75, 3.05) is 7.11 Å². The SMILES string of the molecule is COC(=O)c1[nH]c(=O)[nH]c1Cc1cccc(C)c1. The van der Waals surface area contributed by atoms with Crippen molar-refractivity contribution in [3.63, 3.8) is 0 Å². The number of nitrogens with one attached hydrogen (secondary N) is 2. The molecule has 5 heteroatoms. The van der Waals surface area contributed by atoms with Gasteiger partial charge in [0.2, 0.25) is 0 Å². The third-order valence-corrected chi connectivity index (χ3v) is 2.66. The number of aryl methyl sites for hydroxylation is 1. The van der Waals surface area contributed by atoms with Gasteiger partial charge in [0.15, 0.2) is 0 Å². The lowest BCUT2D eigenvalue weighted by Gasteiger charge is -2.03. The first-order chi connectivity index (χ1) is 8.60. The molecule has 2 aromatic rings. The Labute approximate surface area is 104 Å². The third kappa shape index (κ3) is 2.51. The predicted molar refractivity (Wildman–Crippen MR) is 66.7 cm³/mol. The third-order valence-electron chi connectivity index (χ3n) is 2.66. The first-order valence-corrected chi connectivity index (χ1v) is 5.55. The average molecular weight is 246 g/mol. The highest BCUT2D eigenvalue weighted by Gasteiger charge is 2.15. The number of hydrogen-bond acceptors (Lipinski definition) is 3. The first-order valence-electron chi connectivity index (χ1n) is 5.55. The Balaban J connectivity index is 2.34. The molecule has 1 heterocycles. The number of hydrogen-bond donors (Lipinski definition) is 2. The van der Waals surface area contributed by atoms with E-state index in [-0.39, 0.29) is 5.69 Å². The lowest BCUT2D eigenvalue weighted by Crippen LogP contribution is -2.07. The maximum absolute atomic E-state index is 11.5. The Bertz CT molecular complexity index is 625. The van der Waals surface area contributed by atoms with E-state index in [0.717, 1.165) is 11.1 Å². The van der Waals surface area contributed by atoms with Gasteiger partial charge in [-0.25, -0.2) is 9.59 Å². The molecule has 0 saturated heterocycles. The molecule has 0 fully saturated rings. The topological polar surface area (TPSA) is 75.0 Å². The molecule has 18 heavy (non-hydrogen) atoms. The summed E-state index contributed by atoms with van der Waals surface area (Å²) >= 11 is 0. The maximum atomic E-state index is 11.5. The fourth-order valence-electron chi connectivity index (χ4n) is 1.85. The molecule has 1 aromatic carbocycles. The predicted octanol–water partition coefficient (Wildman–Crippen LogP) is 1.39. The van der Waals surface area contributed by atoms with Gasteiger partial charge >= 0.3 is 11.7 Å². The van der Waals surface area contributed by atoms with E-state index in [9.17, 15) is 9.59 Å². The molecule has 94 valence electrons. The molecule has 0 atom stereocenters. The highest BCUT2D eigenvalue weighted by Crippen LogP contribution is 2.11. The number of ether oxygens (including phenoxy) is 1. The van der Waals surface area contributed by atoms with Crippen LogP contribution in [-0.2, 0) is 11.2 Å². The van der Waals surface area contributed by atoms with Gasteiger partial charge in [0.05, 0.1) is 12.8 Å². The molecule has 0 amide bonds. The molecule has 0 radical (unpaired) electrons. The van der Waals surface area contributed by atoms with Crippen molar-refractivity contribution in [2.24, 2.45) is 0 Å². The summed E-state index contributed by atoms with van der Waals surface area (Å²) in [6, 6.07) is 7.88. The molecule has 0 unspecified atom stereocenters. The van der Waals surface area contributed by atoms with E-state index in [4.69, 9.17) is 0 Å². The average Bonchev–Trinajstić information content (AvgIpc) is 2.69. The zero-order valence-corrected chi connectivity index (χ0v) is 10.2. The smallest absolute Gasteiger partial charge is 0.356 e. The first kappa shape index (κ1) is 12.2. The normalized spacial score (nSPS) is 10.3. The van der Waals surface area contributed by atoms with Crippen LogP contribution in [0.4, 0.5) is 0 Å². The number of imidazole rings is 1. The Hall–Kier alpha value is -2.30. The minimum absolute atomic E-state index is 0.184. The van der Waals surface area contributed by atoms with Gasteiger partial charge in [0.1, 0.15) is 5.69 Å². The molecule has 2 rings (SSSR count). The van der Waals surface area contributed by atoms with E-state index in [2.05, 4.69) is 14.7 Å². The van der Waals surface area contributed by atoms with Crippen LogP contribution in [0.5, 0.6) is 0 Å². The Morgan fingerprint density at radius 1 is 1.33 bits per heavy atom. The number of methoxy groups -OCH3 is 1. The highest BCUT2D eigenvalue weighted by atomic mass is 16.5. The van der Waals surface area contributed by atoms with Gasteiger partial charge in [-0.2, -0.15) is 0 Å². The summed E-state index contributed by atoms with van der Waals surface area (Å²) in [7, 11) is 1.28. The minimum Gasteiger partial charge on any atom is -0.464 e. The molecule has 0 spiro atoms. The Morgan fingerprint density at radius 2 is 2.11 bits per heavy atom. The molecular weight excluding hydrogens is 232 g/mol. The molecular formula is C13H14N2O3. The maximum Gasteiger partial charge on any atom is 0.356 e. The zero-order chi connectivity index (χ0) is 13.1. The quantitative estimate of drug-likeness (QED) is 0.803. The summed E-state index contributed by atoms with van der Waals surface area (Å²) in [4.78, 5) is 27.8. The zero-order valence-electron chi connectivity index (χ0n) is 10.2. The largest absolute Gasteiger partial charge is 0.464 e. The number of aromatic amines is 2. The minimum atomic E-state index is -0.545. The van der Waals surface area contributed by atoms with Gasteiger partial charge < -0.3 is 9.72 Å². The molecule has 0 aliphatic carbocycles. The van der Waals surface area contributed by atoms with Gasteiger partial charge in [-0.1, -0.05) is 29.8 Å². The molecule has 0 aliphatic rings. The summed E-state index contributed by atoms with van der Waals surface area (Å²) in [6.07, 6.45) is 0.477. The number of H-pyrrole nitrogens is 2. The second kappa shape index (κ2) is 4.91. The molecule has 2 N–H and O–H groups in total. The summed E-state index contributed by atoms with van der Waals surface area (Å²) < 4.78 is 4.62. The summed E-state index contributed by atoms with van der Waals surface area (Å²) in [5, 5.41) is 0. The number of esters is 1. The lowest BCUT2D eigenvalue weighted by molar-refractivity contribution is 0.0593. The highest BCUT2D eigenvalue weighted by molar-refractivity contribution is 5.88. The second-order valence-corrected chi connectivity index (χ2v) is 4.09. The molecule has 0 saturated carbocycles. The van der Waals surface area contributed by atoms with Crippen LogP contribution in [0.25, 0.3) is 0 Å². The van der Waals surface area contributed by atoms with Gasteiger partial charge in [0.25, 0.3) is 0 Å². The molecule has 1 aromatic heterocycles. The van der Waals surface area contributed by atoms with E-state index in [1.807, 2.05) is 31.2 Å². The van der Waals surface area contributed by atoms with Crippen LogP contribution < -0.4 is 5.69 Å². The van der Waals surface area contributed by atoms with Gasteiger partial charge in [-0.3, -0.25) is 4.98 Å². The van der Waals surface area contributed by atoms with Crippen molar-refractivity contribution in [2.45, 2.75) is 13.3 Å². The summed E-state index contributed by atoms with van der Waals surface area (Å²) in [5.41, 5.74) is 2.47. The van der Waals surface area contributed by atoms with Crippen LogP contribution in [0.15, 0.2) is 29.1 Å². The van der Waals surface area contributed by atoms with E-state index < -0.39 is 11.7 Å². The second-order valence-electron chi connectivity index (χ2n) is 4.09. The van der Waals surface area contributed by atoms with Crippen molar-refractivity contribution in [3.8, 4) is 0 Å². The van der Waals surface area contributed by atoms with Crippen molar-refractivity contribution in [1.82, 2.24) is 9.97 Å². The number of carbonyl (C=O) groups excluding carboxylic acids is 1. The van der Waals surface area contributed by atoms with Crippen molar-refractivity contribution < 1.29 is 9.53 Å².